The highest BCUT2D eigenvalue weighted by Gasteiger charge is 2.33. The average Bonchev–Trinajstić information content (AvgIpc) is 2.20. The van der Waals surface area contributed by atoms with Crippen LogP contribution >= 0.6 is 0 Å². The van der Waals surface area contributed by atoms with E-state index in [0.717, 1.165) is 12.8 Å². The Morgan fingerprint density at radius 3 is 2.70 bits per heavy atom. The fourth-order valence-electron chi connectivity index (χ4n) is 1.05. The van der Waals surface area contributed by atoms with Crippen molar-refractivity contribution < 1.29 is 14.3 Å². The molecule has 1 unspecified atom stereocenters. The molecule has 0 bridgehead atoms. The molecule has 3 heteroatoms. The quantitative estimate of drug-likeness (QED) is 0.417. The largest absolute Gasteiger partial charge is 0.459 e. The summed E-state index contributed by atoms with van der Waals surface area (Å²) in [6.45, 7) is 2.28. The maximum Gasteiger partial charge on any atom is 0.375 e. The maximum absolute atomic E-state index is 10.8. The number of cyclic esters (lactones) is 1. The van der Waals surface area contributed by atoms with Crippen LogP contribution in [0.15, 0.2) is 0 Å². The predicted octanol–water partition coefficient (Wildman–Crippen LogP) is 0.529. The number of ether oxygens (including phenoxy) is 1. The van der Waals surface area contributed by atoms with Crippen LogP contribution in [0.5, 0.6) is 0 Å². The van der Waals surface area contributed by atoms with Crippen LogP contribution in [0.2, 0.25) is 0 Å². The van der Waals surface area contributed by atoms with Crippen LogP contribution in [0.4, 0.5) is 0 Å². The van der Waals surface area contributed by atoms with E-state index >= 15 is 0 Å². The number of esters is 1. The zero-order valence-electron chi connectivity index (χ0n) is 5.92. The lowest BCUT2D eigenvalue weighted by atomic mass is 10.0. The summed E-state index contributed by atoms with van der Waals surface area (Å²) in [5.74, 6) is -1.15. The summed E-state index contributed by atoms with van der Waals surface area (Å²) in [6, 6.07) is 0. The first-order chi connectivity index (χ1) is 4.75. The van der Waals surface area contributed by atoms with Gasteiger partial charge in [-0.3, -0.25) is 4.79 Å². The summed E-state index contributed by atoms with van der Waals surface area (Å²) in [7, 11) is 0. The van der Waals surface area contributed by atoms with Gasteiger partial charge in [-0.15, -0.1) is 0 Å². The molecule has 0 spiro atoms. The monoisotopic (exact) mass is 142 g/mol. The van der Waals surface area contributed by atoms with Crippen molar-refractivity contribution in [2.75, 3.05) is 6.61 Å². The Balaban J connectivity index is 2.49. The van der Waals surface area contributed by atoms with E-state index in [1.807, 2.05) is 6.92 Å². The van der Waals surface area contributed by atoms with Gasteiger partial charge in [0.2, 0.25) is 5.78 Å². The number of hydrogen-bond donors (Lipinski definition) is 0. The molecule has 56 valence electrons. The number of carbonyl (C=O) groups is 2. The van der Waals surface area contributed by atoms with E-state index in [1.165, 1.54) is 0 Å². The van der Waals surface area contributed by atoms with Crippen LogP contribution in [0, 0.1) is 5.92 Å². The highest BCUT2D eigenvalue weighted by molar-refractivity contribution is 6.35. The fraction of sp³-hybridized carbons (Fsp3) is 0.714. The molecule has 1 aliphatic heterocycles. The van der Waals surface area contributed by atoms with Crippen LogP contribution in [-0.4, -0.2) is 18.4 Å². The number of hydrogen-bond acceptors (Lipinski definition) is 3. The van der Waals surface area contributed by atoms with Crippen LogP contribution in [0.25, 0.3) is 0 Å². The lowest BCUT2D eigenvalue weighted by Crippen LogP contribution is -2.13. The molecule has 1 aliphatic rings. The molecule has 1 saturated heterocycles. The lowest BCUT2D eigenvalue weighted by molar-refractivity contribution is -0.147. The van der Waals surface area contributed by atoms with Crippen molar-refractivity contribution in [3.63, 3.8) is 0 Å². The molecule has 0 aromatic heterocycles. The van der Waals surface area contributed by atoms with E-state index in [0.29, 0.717) is 6.61 Å². The number of rotatable bonds is 2. The molecule has 1 fully saturated rings. The molecule has 1 atom stereocenters. The Bertz CT molecular complexity index is 162. The zero-order valence-corrected chi connectivity index (χ0v) is 5.92. The molecule has 0 aliphatic carbocycles. The third-order valence-corrected chi connectivity index (χ3v) is 1.62. The first-order valence-electron chi connectivity index (χ1n) is 3.46. The van der Waals surface area contributed by atoms with Gasteiger partial charge in [-0.25, -0.2) is 4.79 Å². The summed E-state index contributed by atoms with van der Waals surface area (Å²) in [5.41, 5.74) is 0. The second kappa shape index (κ2) is 2.82. The standard InChI is InChI=1S/C7H10O3/c1-2-3-5-4-10-7(9)6(5)8/h5H,2-4H2,1H3. The van der Waals surface area contributed by atoms with E-state index in [-0.39, 0.29) is 11.7 Å². The van der Waals surface area contributed by atoms with Gasteiger partial charge in [-0.1, -0.05) is 13.3 Å². The molecule has 0 amide bonds. The van der Waals surface area contributed by atoms with Crippen molar-refractivity contribution in [2.45, 2.75) is 19.8 Å². The van der Waals surface area contributed by atoms with Crippen LogP contribution in [-0.2, 0) is 14.3 Å². The number of ketones is 1. The SMILES string of the molecule is CCCC1COC(=O)C1=O. The van der Waals surface area contributed by atoms with Crippen molar-refractivity contribution in [1.82, 2.24) is 0 Å². The highest BCUT2D eigenvalue weighted by atomic mass is 16.5. The summed E-state index contributed by atoms with van der Waals surface area (Å²) in [5, 5.41) is 0. The first-order valence-corrected chi connectivity index (χ1v) is 3.46. The average molecular weight is 142 g/mol. The zero-order chi connectivity index (χ0) is 7.56. The van der Waals surface area contributed by atoms with Gasteiger partial charge in [-0.2, -0.15) is 0 Å². The Morgan fingerprint density at radius 1 is 1.60 bits per heavy atom. The first kappa shape index (κ1) is 7.25. The minimum Gasteiger partial charge on any atom is -0.459 e. The Kier molecular flexibility index (Phi) is 2.04. The lowest BCUT2D eigenvalue weighted by Gasteiger charge is -1.98. The molecular weight excluding hydrogens is 132 g/mol. The molecule has 0 N–H and O–H groups in total. The van der Waals surface area contributed by atoms with Gasteiger partial charge in [0.1, 0.15) is 6.61 Å². The third-order valence-electron chi connectivity index (χ3n) is 1.62. The molecule has 0 aromatic rings. The smallest absolute Gasteiger partial charge is 0.375 e. The van der Waals surface area contributed by atoms with Gasteiger partial charge in [0.05, 0.1) is 5.92 Å². The Morgan fingerprint density at radius 2 is 2.30 bits per heavy atom. The number of carbonyl (C=O) groups excluding carboxylic acids is 2. The second-order valence-corrected chi connectivity index (χ2v) is 2.45. The highest BCUT2D eigenvalue weighted by Crippen LogP contribution is 2.15. The van der Waals surface area contributed by atoms with E-state index in [2.05, 4.69) is 4.74 Å². The third kappa shape index (κ3) is 1.17. The van der Waals surface area contributed by atoms with E-state index in [9.17, 15) is 9.59 Å². The van der Waals surface area contributed by atoms with Crippen molar-refractivity contribution in [3.8, 4) is 0 Å². The van der Waals surface area contributed by atoms with Crippen LogP contribution < -0.4 is 0 Å². The van der Waals surface area contributed by atoms with E-state index < -0.39 is 5.97 Å². The predicted molar refractivity (Wildman–Crippen MR) is 34.4 cm³/mol. The molecule has 10 heavy (non-hydrogen) atoms. The van der Waals surface area contributed by atoms with Gasteiger partial charge in [0, 0.05) is 0 Å². The van der Waals surface area contributed by atoms with Crippen molar-refractivity contribution >= 4 is 11.8 Å². The summed E-state index contributed by atoms with van der Waals surface area (Å²) >= 11 is 0. The van der Waals surface area contributed by atoms with Gasteiger partial charge < -0.3 is 4.74 Å². The van der Waals surface area contributed by atoms with E-state index in [1.54, 1.807) is 0 Å². The number of Topliss-reactive ketones (excluding diaryl/α,β-unsaturated/α-hetero) is 1. The molecule has 0 aromatic carbocycles. The Hall–Kier alpha value is -0.860. The van der Waals surface area contributed by atoms with Crippen molar-refractivity contribution in [1.29, 1.82) is 0 Å². The molecule has 1 heterocycles. The molecule has 0 saturated carbocycles. The second-order valence-electron chi connectivity index (χ2n) is 2.45. The van der Waals surface area contributed by atoms with Crippen LogP contribution in [0.1, 0.15) is 19.8 Å². The normalized spacial score (nSPS) is 25.1. The molecule has 0 radical (unpaired) electrons. The molecule has 1 rings (SSSR count). The van der Waals surface area contributed by atoms with Gasteiger partial charge in [-0.05, 0) is 6.42 Å². The fourth-order valence-corrected chi connectivity index (χ4v) is 1.05. The van der Waals surface area contributed by atoms with Gasteiger partial charge in [0.25, 0.3) is 0 Å². The maximum atomic E-state index is 10.8. The van der Waals surface area contributed by atoms with Gasteiger partial charge >= 0.3 is 5.97 Å². The minimum absolute atomic E-state index is 0.155. The summed E-state index contributed by atoms with van der Waals surface area (Å²) < 4.78 is 4.54. The van der Waals surface area contributed by atoms with E-state index in [4.69, 9.17) is 0 Å². The van der Waals surface area contributed by atoms with Crippen LogP contribution in [0.3, 0.4) is 0 Å². The van der Waals surface area contributed by atoms with Crippen molar-refractivity contribution in [2.24, 2.45) is 5.92 Å². The minimum atomic E-state index is -0.654. The summed E-state index contributed by atoms with van der Waals surface area (Å²) in [4.78, 5) is 21.3. The van der Waals surface area contributed by atoms with Gasteiger partial charge in [0.15, 0.2) is 0 Å². The molecular formula is C7H10O3. The van der Waals surface area contributed by atoms with Crippen molar-refractivity contribution in [3.05, 3.63) is 0 Å². The summed E-state index contributed by atoms with van der Waals surface area (Å²) in [6.07, 6.45) is 1.69. The topological polar surface area (TPSA) is 43.4 Å². The molecule has 3 nitrogen and oxygen atoms in total. The Labute approximate surface area is 59.4 Å².